The summed E-state index contributed by atoms with van der Waals surface area (Å²) in [5.74, 6) is -0.598. The Bertz CT molecular complexity index is 808. The van der Waals surface area contributed by atoms with Crippen molar-refractivity contribution in [1.29, 1.82) is 0 Å². The predicted molar refractivity (Wildman–Crippen MR) is 94.2 cm³/mol. The van der Waals surface area contributed by atoms with Crippen molar-refractivity contribution in [3.63, 3.8) is 0 Å². The van der Waals surface area contributed by atoms with E-state index in [2.05, 4.69) is 15.8 Å². The third-order valence-corrected chi connectivity index (χ3v) is 3.34. The number of nitrogens with one attached hydrogen (secondary N) is 2. The topological polar surface area (TPSA) is 100 Å². The minimum atomic E-state index is -0.489. The Morgan fingerprint density at radius 2 is 2.08 bits per heavy atom. The van der Waals surface area contributed by atoms with Crippen molar-refractivity contribution in [1.82, 2.24) is 10.7 Å². The zero-order valence-electron chi connectivity index (χ0n) is 13.3. The molecule has 2 rings (SSSR count). The van der Waals surface area contributed by atoms with E-state index in [1.807, 2.05) is 0 Å². The Morgan fingerprint density at radius 3 is 2.80 bits per heavy atom. The third-order valence-electron chi connectivity index (χ3n) is 3.10. The summed E-state index contributed by atoms with van der Waals surface area (Å²) < 4.78 is 4.97. The lowest BCUT2D eigenvalue weighted by Crippen LogP contribution is -2.34. The largest absolute Gasteiger partial charge is 0.504 e. The molecule has 0 aliphatic heterocycles. The van der Waals surface area contributed by atoms with Gasteiger partial charge in [-0.1, -0.05) is 17.7 Å². The summed E-state index contributed by atoms with van der Waals surface area (Å²) in [4.78, 5) is 23.6. The molecular weight excluding hydrogens is 346 g/mol. The highest BCUT2D eigenvalue weighted by molar-refractivity contribution is 6.30. The van der Waals surface area contributed by atoms with Crippen molar-refractivity contribution in [2.45, 2.75) is 0 Å². The van der Waals surface area contributed by atoms with Crippen LogP contribution in [0.4, 0.5) is 0 Å². The second-order valence-electron chi connectivity index (χ2n) is 4.92. The molecule has 0 saturated carbocycles. The molecule has 0 spiro atoms. The molecule has 0 aliphatic rings. The molecule has 0 heterocycles. The van der Waals surface area contributed by atoms with Crippen LogP contribution in [-0.2, 0) is 4.79 Å². The first-order valence-corrected chi connectivity index (χ1v) is 7.60. The molecule has 0 fully saturated rings. The van der Waals surface area contributed by atoms with Gasteiger partial charge in [-0.3, -0.25) is 9.59 Å². The second-order valence-corrected chi connectivity index (χ2v) is 5.35. The highest BCUT2D eigenvalue weighted by Crippen LogP contribution is 2.25. The van der Waals surface area contributed by atoms with Gasteiger partial charge in [0.1, 0.15) is 0 Å². The number of hydrazone groups is 1. The van der Waals surface area contributed by atoms with Gasteiger partial charge in [0, 0.05) is 10.6 Å². The zero-order valence-corrected chi connectivity index (χ0v) is 14.1. The molecule has 0 radical (unpaired) electrons. The van der Waals surface area contributed by atoms with E-state index in [9.17, 15) is 14.7 Å². The molecule has 7 nitrogen and oxygen atoms in total. The quantitative estimate of drug-likeness (QED) is 0.540. The van der Waals surface area contributed by atoms with E-state index in [-0.39, 0.29) is 12.3 Å². The number of aromatic hydroxyl groups is 1. The molecule has 130 valence electrons. The Kier molecular flexibility index (Phi) is 6.36. The maximum absolute atomic E-state index is 11.9. The van der Waals surface area contributed by atoms with Crippen LogP contribution in [0.2, 0.25) is 5.02 Å². The van der Waals surface area contributed by atoms with Gasteiger partial charge in [-0.05, 0) is 42.0 Å². The fourth-order valence-corrected chi connectivity index (χ4v) is 2.08. The second kappa shape index (κ2) is 8.70. The number of halogens is 1. The van der Waals surface area contributed by atoms with E-state index in [1.165, 1.54) is 25.5 Å². The Hall–Kier alpha value is -3.06. The van der Waals surface area contributed by atoms with E-state index in [1.54, 1.807) is 30.3 Å². The minimum absolute atomic E-state index is 0.00686. The molecule has 0 unspecified atom stereocenters. The molecule has 2 aromatic rings. The van der Waals surface area contributed by atoms with Gasteiger partial charge < -0.3 is 15.2 Å². The number of rotatable bonds is 6. The van der Waals surface area contributed by atoms with E-state index < -0.39 is 11.8 Å². The zero-order chi connectivity index (χ0) is 18.2. The fraction of sp³-hybridized carbons (Fsp3) is 0.118. The first-order chi connectivity index (χ1) is 12.0. The molecule has 25 heavy (non-hydrogen) atoms. The lowest BCUT2D eigenvalue weighted by Gasteiger charge is -2.05. The number of benzene rings is 2. The van der Waals surface area contributed by atoms with Crippen molar-refractivity contribution in [3.05, 3.63) is 58.6 Å². The van der Waals surface area contributed by atoms with E-state index in [0.717, 1.165) is 0 Å². The molecule has 0 bridgehead atoms. The first kappa shape index (κ1) is 18.3. The number of nitrogens with zero attached hydrogens (tertiary/aromatic N) is 1. The number of amides is 2. The Morgan fingerprint density at radius 1 is 1.28 bits per heavy atom. The number of ether oxygens (including phenoxy) is 1. The molecular formula is C17H16ClN3O4. The van der Waals surface area contributed by atoms with Gasteiger partial charge in [0.2, 0.25) is 0 Å². The SMILES string of the molecule is COc1cc(C=NNC(=O)CNC(=O)c2cccc(Cl)c2)ccc1O. The van der Waals surface area contributed by atoms with Gasteiger partial charge in [-0.2, -0.15) is 5.10 Å². The van der Waals surface area contributed by atoms with E-state index in [0.29, 0.717) is 21.9 Å². The maximum Gasteiger partial charge on any atom is 0.259 e. The van der Waals surface area contributed by atoms with Crippen LogP contribution in [0.3, 0.4) is 0 Å². The Balaban J connectivity index is 1.83. The number of methoxy groups -OCH3 is 1. The van der Waals surface area contributed by atoms with Crippen LogP contribution in [0, 0.1) is 0 Å². The van der Waals surface area contributed by atoms with Gasteiger partial charge in [0.25, 0.3) is 11.8 Å². The number of hydrogen-bond donors (Lipinski definition) is 3. The number of carbonyl (C=O) groups is 2. The van der Waals surface area contributed by atoms with Gasteiger partial charge >= 0.3 is 0 Å². The van der Waals surface area contributed by atoms with Crippen LogP contribution < -0.4 is 15.5 Å². The highest BCUT2D eigenvalue weighted by atomic mass is 35.5. The Labute approximate surface area is 149 Å². The average molecular weight is 362 g/mol. The summed E-state index contributed by atoms with van der Waals surface area (Å²) in [6, 6.07) is 11.0. The van der Waals surface area contributed by atoms with Gasteiger partial charge in [0.05, 0.1) is 19.9 Å². The molecule has 3 N–H and O–H groups in total. The van der Waals surface area contributed by atoms with Crippen LogP contribution in [0.25, 0.3) is 0 Å². The van der Waals surface area contributed by atoms with Crippen molar-refractivity contribution in [2.75, 3.05) is 13.7 Å². The summed E-state index contributed by atoms with van der Waals surface area (Å²) in [7, 11) is 1.43. The molecule has 0 aromatic heterocycles. The monoisotopic (exact) mass is 361 g/mol. The minimum Gasteiger partial charge on any atom is -0.504 e. The van der Waals surface area contributed by atoms with Crippen LogP contribution in [0.5, 0.6) is 11.5 Å². The first-order valence-electron chi connectivity index (χ1n) is 7.22. The van der Waals surface area contributed by atoms with Crippen molar-refractivity contribution < 1.29 is 19.4 Å². The maximum atomic E-state index is 11.9. The molecule has 8 heteroatoms. The van der Waals surface area contributed by atoms with Crippen LogP contribution in [0.1, 0.15) is 15.9 Å². The van der Waals surface area contributed by atoms with Gasteiger partial charge in [0.15, 0.2) is 11.5 Å². The smallest absolute Gasteiger partial charge is 0.259 e. The number of carbonyl (C=O) groups excluding carboxylic acids is 2. The van der Waals surface area contributed by atoms with E-state index >= 15 is 0 Å². The molecule has 0 atom stereocenters. The third kappa shape index (κ3) is 5.50. The number of phenolic OH excluding ortho intramolecular Hbond substituents is 1. The summed E-state index contributed by atoms with van der Waals surface area (Å²) in [6.07, 6.45) is 1.39. The molecule has 2 aromatic carbocycles. The lowest BCUT2D eigenvalue weighted by atomic mass is 10.2. The fourth-order valence-electron chi connectivity index (χ4n) is 1.89. The van der Waals surface area contributed by atoms with Crippen molar-refractivity contribution in [3.8, 4) is 11.5 Å². The van der Waals surface area contributed by atoms with E-state index in [4.69, 9.17) is 16.3 Å². The summed E-state index contributed by atoms with van der Waals surface area (Å²) in [5.41, 5.74) is 3.27. The normalized spacial score (nSPS) is 10.5. The summed E-state index contributed by atoms with van der Waals surface area (Å²) in [6.45, 7) is -0.235. The van der Waals surface area contributed by atoms with Gasteiger partial charge in [-0.15, -0.1) is 0 Å². The van der Waals surface area contributed by atoms with Crippen LogP contribution in [0.15, 0.2) is 47.6 Å². The number of phenols is 1. The summed E-state index contributed by atoms with van der Waals surface area (Å²) in [5, 5.41) is 16.2. The highest BCUT2D eigenvalue weighted by Gasteiger charge is 2.08. The number of hydrogen-bond acceptors (Lipinski definition) is 5. The lowest BCUT2D eigenvalue weighted by molar-refractivity contribution is -0.120. The summed E-state index contributed by atoms with van der Waals surface area (Å²) >= 11 is 5.81. The molecule has 2 amide bonds. The predicted octanol–water partition coefficient (Wildman–Crippen LogP) is 1.93. The van der Waals surface area contributed by atoms with Crippen molar-refractivity contribution in [2.24, 2.45) is 5.10 Å². The van der Waals surface area contributed by atoms with Gasteiger partial charge in [-0.25, -0.2) is 5.43 Å². The van der Waals surface area contributed by atoms with Crippen LogP contribution in [-0.4, -0.2) is 36.8 Å². The molecule has 0 saturated heterocycles. The van der Waals surface area contributed by atoms with Crippen molar-refractivity contribution >= 4 is 29.6 Å². The van der Waals surface area contributed by atoms with Crippen LogP contribution >= 0.6 is 11.6 Å². The standard InChI is InChI=1S/C17H16ClN3O4/c1-25-15-7-11(5-6-14(15)22)9-20-21-16(23)10-19-17(24)12-3-2-4-13(18)8-12/h2-9,22H,10H2,1H3,(H,19,24)(H,21,23). The average Bonchev–Trinajstić information content (AvgIpc) is 2.61. The molecule has 0 aliphatic carbocycles.